The molecule has 5 nitrogen and oxygen atoms in total. The highest BCUT2D eigenvalue weighted by molar-refractivity contribution is 5.91. The van der Waals surface area contributed by atoms with Crippen molar-refractivity contribution >= 4 is 18.0 Å². The van der Waals surface area contributed by atoms with Crippen LogP contribution >= 0.6 is 0 Å². The van der Waals surface area contributed by atoms with Crippen LogP contribution in [0.25, 0.3) is 17.2 Å². The standard InChI is InChI=1S/C31H46O3.C10H10O2/c1-4-6-8-10-11-12-13-15-23-34-28-20-17-26(18-21-28)29-22-19-27(31(32)33)24-30(29)25(3)16-14-9-7-5-2;1-8(10(11)12)7-9-5-3-2-4-6-9/h17-22,24-25H,4-16,23H2,1-3H3,(H,32,33);2-7H,1H3,(H,11,12)/t25-;/m1./s1. The van der Waals surface area contributed by atoms with Crippen LogP contribution in [0.4, 0.5) is 0 Å². The van der Waals surface area contributed by atoms with Crippen molar-refractivity contribution in [2.75, 3.05) is 6.61 Å². The summed E-state index contributed by atoms with van der Waals surface area (Å²) in [7, 11) is 0. The van der Waals surface area contributed by atoms with E-state index in [-0.39, 0.29) is 0 Å². The minimum atomic E-state index is -0.876. The van der Waals surface area contributed by atoms with Crippen LogP contribution in [0, 0.1) is 0 Å². The number of carbonyl (C=O) groups is 2. The van der Waals surface area contributed by atoms with Crippen LogP contribution < -0.4 is 4.74 Å². The second kappa shape index (κ2) is 22.6. The zero-order chi connectivity index (χ0) is 33.6. The molecule has 3 aromatic rings. The second-order valence-corrected chi connectivity index (χ2v) is 12.2. The number of rotatable bonds is 20. The molecule has 0 radical (unpaired) electrons. The van der Waals surface area contributed by atoms with Gasteiger partial charge < -0.3 is 14.9 Å². The van der Waals surface area contributed by atoms with Crippen LogP contribution in [0.5, 0.6) is 5.75 Å². The lowest BCUT2D eigenvalue weighted by atomic mass is 9.87. The Balaban J connectivity index is 0.000000512. The number of hydrogen-bond acceptors (Lipinski definition) is 3. The maximum atomic E-state index is 11.6. The highest BCUT2D eigenvalue weighted by Gasteiger charge is 2.15. The summed E-state index contributed by atoms with van der Waals surface area (Å²) < 4.78 is 5.97. The molecule has 0 saturated heterocycles. The van der Waals surface area contributed by atoms with Crippen molar-refractivity contribution in [3.8, 4) is 16.9 Å². The van der Waals surface area contributed by atoms with Crippen molar-refractivity contribution in [2.24, 2.45) is 0 Å². The lowest BCUT2D eigenvalue weighted by Crippen LogP contribution is -2.03. The number of hydrogen-bond donors (Lipinski definition) is 2. The van der Waals surface area contributed by atoms with Crippen LogP contribution in [0.15, 0.2) is 78.4 Å². The van der Waals surface area contributed by atoms with Gasteiger partial charge in [0.1, 0.15) is 5.75 Å². The maximum absolute atomic E-state index is 11.6. The quantitative estimate of drug-likeness (QED) is 0.0960. The second-order valence-electron chi connectivity index (χ2n) is 12.2. The first-order chi connectivity index (χ1) is 22.3. The summed E-state index contributed by atoms with van der Waals surface area (Å²) in [6, 6.07) is 23.2. The van der Waals surface area contributed by atoms with Gasteiger partial charge in [-0.15, -0.1) is 0 Å². The monoisotopic (exact) mass is 628 g/mol. The van der Waals surface area contributed by atoms with E-state index in [1.54, 1.807) is 19.1 Å². The summed E-state index contributed by atoms with van der Waals surface area (Å²) in [5.74, 6) is -0.512. The molecule has 0 heterocycles. The van der Waals surface area contributed by atoms with Crippen molar-refractivity contribution in [1.29, 1.82) is 0 Å². The molecule has 1 atom stereocenters. The molecule has 0 saturated carbocycles. The Kier molecular flexibility index (Phi) is 18.8. The number of benzene rings is 3. The third-order valence-corrected chi connectivity index (χ3v) is 8.27. The molecule has 5 heteroatoms. The lowest BCUT2D eigenvalue weighted by molar-refractivity contribution is -0.132. The minimum Gasteiger partial charge on any atom is -0.494 e. The highest BCUT2D eigenvalue weighted by Crippen LogP contribution is 2.34. The van der Waals surface area contributed by atoms with Crippen LogP contribution in [0.3, 0.4) is 0 Å². The smallest absolute Gasteiger partial charge is 0.335 e. The van der Waals surface area contributed by atoms with E-state index in [4.69, 9.17) is 9.84 Å². The minimum absolute atomic E-state index is 0.323. The van der Waals surface area contributed by atoms with E-state index >= 15 is 0 Å². The molecule has 0 spiro atoms. The average molecular weight is 629 g/mol. The summed E-state index contributed by atoms with van der Waals surface area (Å²) in [4.78, 5) is 22.0. The summed E-state index contributed by atoms with van der Waals surface area (Å²) in [6.45, 7) is 9.05. The van der Waals surface area contributed by atoms with Gasteiger partial charge in [-0.2, -0.15) is 0 Å². The van der Waals surface area contributed by atoms with Crippen LogP contribution in [-0.4, -0.2) is 28.8 Å². The van der Waals surface area contributed by atoms with E-state index in [1.807, 2.05) is 54.6 Å². The molecular formula is C41H56O5. The fourth-order valence-corrected chi connectivity index (χ4v) is 5.42. The van der Waals surface area contributed by atoms with Crippen LogP contribution in [0.1, 0.15) is 139 Å². The predicted octanol–water partition coefficient (Wildman–Crippen LogP) is 11.8. The molecule has 0 bridgehead atoms. The molecule has 3 aromatic carbocycles. The van der Waals surface area contributed by atoms with Crippen molar-refractivity contribution in [3.05, 3.63) is 95.1 Å². The summed E-state index contributed by atoms with van der Waals surface area (Å²) in [5, 5.41) is 18.1. The lowest BCUT2D eigenvalue weighted by Gasteiger charge is -2.18. The first kappa shape index (κ1) is 38.3. The molecule has 0 aliphatic rings. The molecule has 0 amide bonds. The van der Waals surface area contributed by atoms with Crippen LogP contribution in [0.2, 0.25) is 0 Å². The first-order valence-corrected chi connectivity index (χ1v) is 17.3. The number of carboxylic acid groups (broad SMARTS) is 2. The van der Waals surface area contributed by atoms with Gasteiger partial charge in [-0.1, -0.05) is 140 Å². The zero-order valence-corrected chi connectivity index (χ0v) is 28.6. The van der Waals surface area contributed by atoms with Gasteiger partial charge in [-0.3, -0.25) is 0 Å². The molecule has 2 N–H and O–H groups in total. The zero-order valence-electron chi connectivity index (χ0n) is 28.6. The van der Waals surface area contributed by atoms with E-state index in [1.165, 1.54) is 70.6 Å². The molecule has 0 aliphatic carbocycles. The van der Waals surface area contributed by atoms with Crippen molar-refractivity contribution in [2.45, 2.75) is 117 Å². The van der Waals surface area contributed by atoms with E-state index < -0.39 is 11.9 Å². The Morgan fingerprint density at radius 2 is 1.33 bits per heavy atom. The van der Waals surface area contributed by atoms with Gasteiger partial charge in [0.15, 0.2) is 0 Å². The van der Waals surface area contributed by atoms with Gasteiger partial charge in [-0.05, 0) is 78.3 Å². The van der Waals surface area contributed by atoms with E-state index in [9.17, 15) is 14.7 Å². The van der Waals surface area contributed by atoms with Gasteiger partial charge in [-0.25, -0.2) is 9.59 Å². The molecule has 0 aromatic heterocycles. The normalized spacial score (nSPS) is 11.8. The Bertz CT molecular complexity index is 1310. The number of unbranched alkanes of at least 4 members (excludes halogenated alkanes) is 10. The van der Waals surface area contributed by atoms with Gasteiger partial charge in [0.2, 0.25) is 0 Å². The number of aliphatic carboxylic acids is 1. The Morgan fingerprint density at radius 1 is 0.739 bits per heavy atom. The van der Waals surface area contributed by atoms with Gasteiger partial charge in [0.05, 0.1) is 12.2 Å². The molecule has 0 aliphatic heterocycles. The predicted molar refractivity (Wildman–Crippen MR) is 192 cm³/mol. The van der Waals surface area contributed by atoms with E-state index in [0.717, 1.165) is 47.5 Å². The van der Waals surface area contributed by atoms with Crippen molar-refractivity contribution in [3.63, 3.8) is 0 Å². The molecule has 3 rings (SSSR count). The van der Waals surface area contributed by atoms with Gasteiger partial charge in [0, 0.05) is 5.57 Å². The Labute approximate surface area is 277 Å². The van der Waals surface area contributed by atoms with Crippen LogP contribution in [-0.2, 0) is 4.79 Å². The highest BCUT2D eigenvalue weighted by atomic mass is 16.5. The first-order valence-electron chi connectivity index (χ1n) is 17.3. The molecule has 250 valence electrons. The van der Waals surface area contributed by atoms with Crippen molar-refractivity contribution in [1.82, 2.24) is 0 Å². The number of aromatic carboxylic acids is 1. The fourth-order valence-electron chi connectivity index (χ4n) is 5.42. The molecule has 0 unspecified atom stereocenters. The van der Waals surface area contributed by atoms with E-state index in [0.29, 0.717) is 17.1 Å². The third-order valence-electron chi connectivity index (χ3n) is 8.27. The van der Waals surface area contributed by atoms with E-state index in [2.05, 4.69) is 32.9 Å². The Morgan fingerprint density at radius 3 is 1.91 bits per heavy atom. The summed E-state index contributed by atoms with van der Waals surface area (Å²) in [5.41, 5.74) is 5.00. The van der Waals surface area contributed by atoms with Crippen molar-refractivity contribution < 1.29 is 24.5 Å². The van der Waals surface area contributed by atoms with Gasteiger partial charge >= 0.3 is 11.9 Å². The third kappa shape index (κ3) is 14.9. The number of ether oxygens (including phenoxy) is 1. The molecule has 0 fully saturated rings. The molecular weight excluding hydrogens is 572 g/mol. The maximum Gasteiger partial charge on any atom is 0.335 e. The Hall–Kier alpha value is -3.86. The average Bonchev–Trinajstić information content (AvgIpc) is 3.06. The number of carboxylic acids is 2. The topological polar surface area (TPSA) is 83.8 Å². The summed E-state index contributed by atoms with van der Waals surface area (Å²) in [6.07, 6.45) is 18.0. The van der Waals surface area contributed by atoms with Gasteiger partial charge in [0.25, 0.3) is 0 Å². The largest absolute Gasteiger partial charge is 0.494 e. The summed E-state index contributed by atoms with van der Waals surface area (Å²) >= 11 is 0. The fraction of sp³-hybridized carbons (Fsp3) is 0.463. The SMILES string of the molecule is CC(=Cc1ccccc1)C(=O)O.CCCCCCCCCCOc1ccc(-c2ccc(C(=O)O)cc2[C@H](C)CCCCCC)cc1. The molecule has 46 heavy (non-hydrogen) atoms.